The maximum Gasteiger partial charge on any atom is 0.259 e. The highest BCUT2D eigenvalue weighted by atomic mass is 32.2. The first-order chi connectivity index (χ1) is 17.6. The summed E-state index contributed by atoms with van der Waals surface area (Å²) < 4.78 is 40.5. The smallest absolute Gasteiger partial charge is 0.259 e. The number of primary sulfonamides is 1. The van der Waals surface area contributed by atoms with Crippen LogP contribution >= 0.6 is 0 Å². The zero-order valence-corrected chi connectivity index (χ0v) is 20.3. The summed E-state index contributed by atoms with van der Waals surface area (Å²) in [5.74, 6) is -0.842. The van der Waals surface area contributed by atoms with Crippen molar-refractivity contribution in [1.82, 2.24) is 14.8 Å². The molecule has 0 radical (unpaired) electrons. The number of nitrogens with two attached hydrogens (primary N) is 2. The van der Waals surface area contributed by atoms with E-state index in [9.17, 15) is 13.2 Å². The molecule has 2 heterocycles. The van der Waals surface area contributed by atoms with Crippen molar-refractivity contribution in [2.24, 2.45) is 5.14 Å². The zero-order chi connectivity index (χ0) is 26.3. The number of amides is 1. The van der Waals surface area contributed by atoms with Gasteiger partial charge in [-0.3, -0.25) is 4.79 Å². The molecule has 5 rings (SSSR count). The molecule has 0 unspecified atom stereocenters. The molecular weight excluding hydrogens is 495 g/mol. The number of aromatic nitrogens is 3. The molecule has 0 fully saturated rings. The molecule has 11 heteroatoms. The van der Waals surface area contributed by atoms with E-state index in [-0.39, 0.29) is 21.6 Å². The van der Waals surface area contributed by atoms with E-state index in [2.05, 4.69) is 15.4 Å². The number of hydrogen-bond donors (Lipinski definition) is 3. The summed E-state index contributed by atoms with van der Waals surface area (Å²) in [4.78, 5) is 17.0. The highest BCUT2D eigenvalue weighted by molar-refractivity contribution is 7.89. The van der Waals surface area contributed by atoms with Crippen molar-refractivity contribution in [1.29, 1.82) is 0 Å². The molecule has 0 aliphatic heterocycles. The number of nitrogens with one attached hydrogen (secondary N) is 1. The van der Waals surface area contributed by atoms with Crippen LogP contribution < -0.4 is 16.2 Å². The third-order valence-electron chi connectivity index (χ3n) is 5.82. The van der Waals surface area contributed by atoms with Gasteiger partial charge in [-0.2, -0.15) is 5.10 Å². The van der Waals surface area contributed by atoms with E-state index in [1.165, 1.54) is 35.0 Å². The van der Waals surface area contributed by atoms with E-state index < -0.39 is 21.7 Å². The minimum Gasteiger partial charge on any atom is -0.383 e. The molecule has 0 aliphatic rings. The van der Waals surface area contributed by atoms with E-state index in [4.69, 9.17) is 10.9 Å². The van der Waals surface area contributed by atoms with Crippen molar-refractivity contribution in [3.63, 3.8) is 0 Å². The monoisotopic (exact) mass is 516 g/mol. The Morgan fingerprint density at radius 1 is 1.03 bits per heavy atom. The van der Waals surface area contributed by atoms with Crippen LogP contribution in [-0.4, -0.2) is 29.1 Å². The highest BCUT2D eigenvalue weighted by Gasteiger charge is 2.19. The lowest BCUT2D eigenvalue weighted by Gasteiger charge is -2.12. The summed E-state index contributed by atoms with van der Waals surface area (Å²) >= 11 is 0. The van der Waals surface area contributed by atoms with Crippen LogP contribution in [0.1, 0.15) is 16.1 Å². The molecule has 9 nitrogen and oxygen atoms in total. The largest absolute Gasteiger partial charge is 0.383 e. The molecule has 186 valence electrons. The number of fused-ring (bicyclic) bond motifs is 1. The van der Waals surface area contributed by atoms with E-state index in [1.54, 1.807) is 31.3 Å². The number of hydrogen-bond acceptors (Lipinski definition) is 6. The Kier molecular flexibility index (Phi) is 5.94. The van der Waals surface area contributed by atoms with Crippen LogP contribution in [0.2, 0.25) is 0 Å². The molecule has 0 spiro atoms. The molecule has 0 aliphatic carbocycles. The lowest BCUT2D eigenvalue weighted by Crippen LogP contribution is -2.17. The van der Waals surface area contributed by atoms with E-state index in [0.717, 1.165) is 16.8 Å². The molecule has 3 aromatic carbocycles. The second kappa shape index (κ2) is 9.12. The summed E-state index contributed by atoms with van der Waals surface area (Å²) in [6.07, 6.45) is 1.62. The second-order valence-corrected chi connectivity index (χ2v) is 9.90. The number of aryl methyl sites for hydroxylation is 1. The molecular formula is C26H21FN6O3S. The van der Waals surface area contributed by atoms with Crippen LogP contribution in [0.5, 0.6) is 0 Å². The summed E-state index contributed by atoms with van der Waals surface area (Å²) in [7, 11) is -4.03. The topological polar surface area (TPSA) is 146 Å². The number of anilines is 2. The Bertz CT molecular complexity index is 1800. The molecule has 0 saturated heterocycles. The third kappa shape index (κ3) is 4.65. The second-order valence-electron chi connectivity index (χ2n) is 8.37. The van der Waals surface area contributed by atoms with Gasteiger partial charge in [-0.05, 0) is 54.3 Å². The van der Waals surface area contributed by atoms with Crippen LogP contribution in [0, 0.1) is 12.7 Å². The molecule has 5 N–H and O–H groups in total. The Hall–Kier alpha value is -4.61. The van der Waals surface area contributed by atoms with Gasteiger partial charge in [0.25, 0.3) is 5.91 Å². The first-order valence-corrected chi connectivity index (χ1v) is 12.6. The van der Waals surface area contributed by atoms with Gasteiger partial charge >= 0.3 is 0 Å². The maximum absolute atomic E-state index is 15.1. The van der Waals surface area contributed by atoms with Gasteiger partial charge in [-0.25, -0.2) is 27.6 Å². The first kappa shape index (κ1) is 24.1. The number of benzene rings is 3. The molecule has 5 aromatic rings. The van der Waals surface area contributed by atoms with Crippen LogP contribution in [0.3, 0.4) is 0 Å². The van der Waals surface area contributed by atoms with E-state index >= 15 is 4.39 Å². The van der Waals surface area contributed by atoms with Crippen molar-refractivity contribution in [3.05, 3.63) is 96.1 Å². The van der Waals surface area contributed by atoms with Gasteiger partial charge in [0.1, 0.15) is 17.5 Å². The number of carbonyl (C=O) groups is 1. The Morgan fingerprint density at radius 3 is 2.57 bits per heavy atom. The minimum atomic E-state index is -4.03. The number of nitrogens with zero attached hydrogens (tertiary/aromatic N) is 3. The average Bonchev–Trinajstić information content (AvgIpc) is 3.23. The molecule has 37 heavy (non-hydrogen) atoms. The molecule has 0 saturated carbocycles. The van der Waals surface area contributed by atoms with Crippen LogP contribution in [0.15, 0.2) is 83.9 Å². The third-order valence-corrected chi connectivity index (χ3v) is 6.79. The standard InChI is InChI=1S/C26H21FN6O3S/c1-15-12-24(33(32-15)18-8-6-16-10-11-30-25(28)21(16)14-18)31-26(34)20-9-7-17(13-22(20)27)19-4-2-3-5-23(19)37(29,35)36/h2-14H,1H3,(H2,28,30)(H,31,34)(H2,29,35,36). The van der Waals surface area contributed by atoms with Crippen molar-refractivity contribution in [2.45, 2.75) is 11.8 Å². The van der Waals surface area contributed by atoms with Crippen LogP contribution in [0.25, 0.3) is 27.6 Å². The molecule has 1 amide bonds. The molecule has 0 atom stereocenters. The SMILES string of the molecule is Cc1cc(NC(=O)c2ccc(-c3ccccc3S(N)(=O)=O)cc2F)n(-c2ccc3ccnc(N)c3c2)n1. The van der Waals surface area contributed by atoms with Gasteiger partial charge in [0.15, 0.2) is 0 Å². The number of carbonyl (C=O) groups excluding carboxylic acids is 1. The summed E-state index contributed by atoms with van der Waals surface area (Å²) in [6, 6.07) is 18.8. The predicted molar refractivity (Wildman–Crippen MR) is 139 cm³/mol. The van der Waals surface area contributed by atoms with Crippen LogP contribution in [0.4, 0.5) is 16.0 Å². The van der Waals surface area contributed by atoms with Crippen molar-refractivity contribution in [3.8, 4) is 16.8 Å². The highest BCUT2D eigenvalue weighted by Crippen LogP contribution is 2.29. The van der Waals surface area contributed by atoms with Gasteiger partial charge in [-0.1, -0.05) is 30.3 Å². The quantitative estimate of drug-likeness (QED) is 0.322. The van der Waals surface area contributed by atoms with Gasteiger partial charge < -0.3 is 11.1 Å². The fourth-order valence-electron chi connectivity index (χ4n) is 4.10. The number of rotatable bonds is 5. The summed E-state index contributed by atoms with van der Waals surface area (Å²) in [5.41, 5.74) is 7.54. The van der Waals surface area contributed by atoms with Gasteiger partial charge in [0.05, 0.1) is 21.8 Å². The Balaban J connectivity index is 1.47. The predicted octanol–water partition coefficient (Wildman–Crippen LogP) is 4.02. The lowest BCUT2D eigenvalue weighted by molar-refractivity contribution is 0.102. The van der Waals surface area contributed by atoms with Gasteiger partial charge in [0, 0.05) is 23.2 Å². The number of halogens is 1. The molecule has 0 bridgehead atoms. The van der Waals surface area contributed by atoms with Gasteiger partial charge in [0.2, 0.25) is 10.0 Å². The fraction of sp³-hybridized carbons (Fsp3) is 0.0385. The fourth-order valence-corrected chi connectivity index (χ4v) is 4.86. The Labute approximate surface area is 211 Å². The van der Waals surface area contributed by atoms with Crippen molar-refractivity contribution in [2.75, 3.05) is 11.1 Å². The Morgan fingerprint density at radius 2 is 1.81 bits per heavy atom. The van der Waals surface area contributed by atoms with Crippen molar-refractivity contribution >= 4 is 38.3 Å². The normalized spacial score (nSPS) is 11.5. The summed E-state index contributed by atoms with van der Waals surface area (Å²) in [5, 5.41) is 14.1. The number of nitrogen functional groups attached to an aromatic ring is 1. The lowest BCUT2D eigenvalue weighted by atomic mass is 10.0. The number of sulfonamides is 1. The van der Waals surface area contributed by atoms with Crippen LogP contribution in [-0.2, 0) is 10.0 Å². The summed E-state index contributed by atoms with van der Waals surface area (Å²) in [6.45, 7) is 1.77. The number of pyridine rings is 1. The zero-order valence-electron chi connectivity index (χ0n) is 19.5. The van der Waals surface area contributed by atoms with E-state index in [1.807, 2.05) is 18.2 Å². The average molecular weight is 517 g/mol. The van der Waals surface area contributed by atoms with Crippen molar-refractivity contribution < 1.29 is 17.6 Å². The molecule has 2 aromatic heterocycles. The van der Waals surface area contributed by atoms with Gasteiger partial charge in [-0.15, -0.1) is 0 Å². The van der Waals surface area contributed by atoms with E-state index in [0.29, 0.717) is 23.0 Å². The first-order valence-electron chi connectivity index (χ1n) is 11.1. The maximum atomic E-state index is 15.1. The minimum absolute atomic E-state index is 0.141.